The van der Waals surface area contributed by atoms with Crippen LogP contribution in [0.25, 0.3) is 0 Å². The Labute approximate surface area is 119 Å². The van der Waals surface area contributed by atoms with Crippen LogP contribution in [-0.2, 0) is 9.53 Å². The van der Waals surface area contributed by atoms with Crippen LogP contribution in [0.1, 0.15) is 6.92 Å². The van der Waals surface area contributed by atoms with E-state index in [1.165, 1.54) is 0 Å². The number of thioether (sulfide) groups is 1. The van der Waals surface area contributed by atoms with Crippen molar-refractivity contribution < 1.29 is 14.3 Å². The lowest BCUT2D eigenvalue weighted by Crippen LogP contribution is -2.07. The van der Waals surface area contributed by atoms with Gasteiger partial charge in [0.15, 0.2) is 0 Å². The molecule has 0 aliphatic rings. The molecule has 0 heterocycles. The zero-order chi connectivity index (χ0) is 13.4. The van der Waals surface area contributed by atoms with E-state index >= 15 is 0 Å². The van der Waals surface area contributed by atoms with Gasteiger partial charge in [-0.3, -0.25) is 9.59 Å². The molecule has 0 fully saturated rings. The minimum atomic E-state index is -0.386. The summed E-state index contributed by atoms with van der Waals surface area (Å²) >= 11 is 7.56. The fourth-order valence-electron chi connectivity index (χ4n) is 0.968. The smallest absolute Gasteiger partial charge is 0.316 e. The molecule has 0 unspecified atom stereocenters. The summed E-state index contributed by atoms with van der Waals surface area (Å²) in [7, 11) is 0. The highest BCUT2D eigenvalue weighted by molar-refractivity contribution is 8.39. The van der Waals surface area contributed by atoms with Gasteiger partial charge < -0.3 is 9.46 Å². The maximum Gasteiger partial charge on any atom is 0.316 e. The average molecular weight is 306 g/mol. The molecule has 1 N–H and O–H groups in total. The molecule has 0 saturated carbocycles. The standard InChI is InChI=1S/C11H12ClNO3S2/c1-2-16-10(14)7-17-11(15)18-13-9-5-3-8(12)4-6-9/h3-6,13H,2,7H2,1H3. The number of esters is 1. The summed E-state index contributed by atoms with van der Waals surface area (Å²) in [5, 5.41) is 0.633. The van der Waals surface area contributed by atoms with E-state index in [2.05, 4.69) is 4.72 Å². The van der Waals surface area contributed by atoms with Gasteiger partial charge in [0.05, 0.1) is 12.4 Å². The molecule has 0 saturated heterocycles. The summed E-state index contributed by atoms with van der Waals surface area (Å²) in [5.74, 6) is -0.356. The molecular weight excluding hydrogens is 294 g/mol. The lowest BCUT2D eigenvalue weighted by molar-refractivity contribution is -0.139. The first-order chi connectivity index (χ1) is 8.61. The van der Waals surface area contributed by atoms with Crippen LogP contribution >= 0.6 is 35.3 Å². The minimum Gasteiger partial charge on any atom is -0.465 e. The van der Waals surface area contributed by atoms with E-state index in [1.54, 1.807) is 31.2 Å². The van der Waals surface area contributed by atoms with Crippen LogP contribution in [0.5, 0.6) is 0 Å². The number of anilines is 1. The summed E-state index contributed by atoms with van der Waals surface area (Å²) in [6.07, 6.45) is 0. The molecule has 0 radical (unpaired) electrons. The highest BCUT2D eigenvalue weighted by Gasteiger charge is 2.09. The van der Waals surface area contributed by atoms with Crippen LogP contribution in [0.15, 0.2) is 24.3 Å². The van der Waals surface area contributed by atoms with E-state index < -0.39 is 0 Å². The van der Waals surface area contributed by atoms with Gasteiger partial charge in [0.25, 0.3) is 4.45 Å². The number of carbonyl (C=O) groups excluding carboxylic acids is 2. The lowest BCUT2D eigenvalue weighted by Gasteiger charge is -2.04. The number of hydrogen-bond donors (Lipinski definition) is 1. The molecule has 0 aliphatic heterocycles. The van der Waals surface area contributed by atoms with Crippen LogP contribution < -0.4 is 4.72 Å². The zero-order valence-electron chi connectivity index (χ0n) is 9.64. The monoisotopic (exact) mass is 305 g/mol. The third kappa shape index (κ3) is 6.18. The molecular formula is C11H12ClNO3S2. The van der Waals surface area contributed by atoms with Gasteiger partial charge >= 0.3 is 5.97 Å². The van der Waals surface area contributed by atoms with E-state index in [0.29, 0.717) is 11.6 Å². The molecule has 0 aliphatic carbocycles. The average Bonchev–Trinajstić information content (AvgIpc) is 2.36. The number of benzene rings is 1. The summed E-state index contributed by atoms with van der Waals surface area (Å²) < 4.78 is 7.38. The van der Waals surface area contributed by atoms with E-state index in [-0.39, 0.29) is 16.2 Å². The molecule has 18 heavy (non-hydrogen) atoms. The number of ether oxygens (including phenoxy) is 1. The van der Waals surface area contributed by atoms with Crippen molar-refractivity contribution in [1.29, 1.82) is 0 Å². The number of hydrogen-bond acceptors (Lipinski definition) is 6. The zero-order valence-corrected chi connectivity index (χ0v) is 12.0. The van der Waals surface area contributed by atoms with Gasteiger partial charge in [-0.1, -0.05) is 23.4 Å². The van der Waals surface area contributed by atoms with E-state index in [0.717, 1.165) is 29.4 Å². The van der Waals surface area contributed by atoms with E-state index in [1.807, 2.05) is 0 Å². The van der Waals surface area contributed by atoms with Crippen molar-refractivity contribution in [3.05, 3.63) is 29.3 Å². The second kappa shape index (κ2) is 8.29. The quantitative estimate of drug-likeness (QED) is 0.659. The largest absolute Gasteiger partial charge is 0.465 e. The molecule has 0 bridgehead atoms. The molecule has 1 aromatic rings. The van der Waals surface area contributed by atoms with Crippen molar-refractivity contribution in [2.24, 2.45) is 0 Å². The van der Waals surface area contributed by atoms with Crippen LogP contribution in [0.4, 0.5) is 10.5 Å². The molecule has 0 amide bonds. The second-order valence-corrected chi connectivity index (χ2v) is 5.48. The molecule has 0 aromatic heterocycles. The van der Waals surface area contributed by atoms with Crippen LogP contribution in [-0.4, -0.2) is 22.8 Å². The van der Waals surface area contributed by atoms with Gasteiger partial charge in [-0.25, -0.2) is 0 Å². The highest BCUT2D eigenvalue weighted by Crippen LogP contribution is 2.21. The first-order valence-corrected chi connectivity index (χ1v) is 7.30. The fraction of sp³-hybridized carbons (Fsp3) is 0.273. The summed E-state index contributed by atoms with van der Waals surface area (Å²) in [6, 6.07) is 6.97. The molecule has 1 rings (SSSR count). The first kappa shape index (κ1) is 15.2. The topological polar surface area (TPSA) is 55.4 Å². The van der Waals surface area contributed by atoms with Crippen molar-refractivity contribution >= 4 is 51.4 Å². The van der Waals surface area contributed by atoms with Crippen LogP contribution in [0, 0.1) is 0 Å². The number of nitrogens with one attached hydrogen (secondary N) is 1. The van der Waals surface area contributed by atoms with Gasteiger partial charge in [0, 0.05) is 22.7 Å². The molecule has 4 nitrogen and oxygen atoms in total. The number of rotatable bonds is 5. The Kier molecular flexibility index (Phi) is 7.00. The molecule has 1 aromatic carbocycles. The molecule has 0 spiro atoms. The Morgan fingerprint density at radius 2 is 2.00 bits per heavy atom. The Hall–Kier alpha value is -0.850. The number of halogens is 1. The third-order valence-electron chi connectivity index (χ3n) is 1.71. The molecule has 0 atom stereocenters. The minimum absolute atomic E-state index is 0.0297. The van der Waals surface area contributed by atoms with Crippen molar-refractivity contribution in [2.45, 2.75) is 6.92 Å². The Morgan fingerprint density at radius 3 is 2.61 bits per heavy atom. The fourth-order valence-corrected chi connectivity index (χ4v) is 2.29. The van der Waals surface area contributed by atoms with Gasteiger partial charge in [0.2, 0.25) is 0 Å². The van der Waals surface area contributed by atoms with Crippen molar-refractivity contribution in [3.63, 3.8) is 0 Å². The van der Waals surface area contributed by atoms with Gasteiger partial charge in [-0.05, 0) is 31.2 Å². The summed E-state index contributed by atoms with van der Waals surface area (Å²) in [4.78, 5) is 22.4. The van der Waals surface area contributed by atoms with Crippen molar-refractivity contribution in [2.75, 3.05) is 17.1 Å². The second-order valence-electron chi connectivity index (χ2n) is 3.05. The van der Waals surface area contributed by atoms with E-state index in [4.69, 9.17) is 16.3 Å². The first-order valence-electron chi connectivity index (χ1n) is 5.12. The Balaban J connectivity index is 2.24. The predicted molar refractivity (Wildman–Crippen MR) is 77.2 cm³/mol. The summed E-state index contributed by atoms with van der Waals surface area (Å²) in [5.41, 5.74) is 0.773. The van der Waals surface area contributed by atoms with Gasteiger partial charge in [-0.15, -0.1) is 0 Å². The molecule has 98 valence electrons. The van der Waals surface area contributed by atoms with E-state index in [9.17, 15) is 9.59 Å². The van der Waals surface area contributed by atoms with Gasteiger partial charge in [-0.2, -0.15) is 0 Å². The summed E-state index contributed by atoms with van der Waals surface area (Å²) in [6.45, 7) is 2.05. The van der Waals surface area contributed by atoms with Crippen LogP contribution in [0.2, 0.25) is 5.02 Å². The predicted octanol–water partition coefficient (Wildman–Crippen LogP) is 3.82. The number of carbonyl (C=O) groups is 2. The van der Waals surface area contributed by atoms with Crippen LogP contribution in [0.3, 0.4) is 0 Å². The molecule has 7 heteroatoms. The maximum absolute atomic E-state index is 11.4. The highest BCUT2D eigenvalue weighted by atomic mass is 35.5. The van der Waals surface area contributed by atoms with Crippen molar-refractivity contribution in [3.8, 4) is 0 Å². The maximum atomic E-state index is 11.4. The lowest BCUT2D eigenvalue weighted by atomic mass is 10.3. The normalized spacial score (nSPS) is 9.89. The Morgan fingerprint density at radius 1 is 1.33 bits per heavy atom. The van der Waals surface area contributed by atoms with Gasteiger partial charge in [0.1, 0.15) is 0 Å². The van der Waals surface area contributed by atoms with Crippen molar-refractivity contribution in [1.82, 2.24) is 0 Å². The third-order valence-corrected chi connectivity index (χ3v) is 3.69. The SMILES string of the molecule is CCOC(=O)CSC(=O)SNc1ccc(Cl)cc1. The Bertz CT molecular complexity index is 411.